The molecule has 35 heavy (non-hydrogen) atoms. The largest absolute Gasteiger partial charge is 0.509 e. The van der Waals surface area contributed by atoms with Crippen LogP contribution >= 0.6 is 11.3 Å². The van der Waals surface area contributed by atoms with E-state index in [1.165, 1.54) is 28.5 Å². The number of carbonyl (C=O) groups excluding carboxylic acids is 1. The Morgan fingerprint density at radius 3 is 2.57 bits per heavy atom. The number of aliphatic hydroxyl groups excluding tert-OH is 1. The standard InChI is InChI=1S/C24H19FN6O3S/c1-34-16-8-4-13(5-9-16)17-10-18(29-28-17)23(33)30-31-11-20(32)21(22(31)26)24-27-19(12-35-24)14-2-6-15(25)7-3-14/h2-10,12,26,32H,11H2,1H3,(H,28,29)(H,30,33). The number of amides is 1. The second kappa shape index (κ2) is 9.03. The maximum atomic E-state index is 13.2. The molecule has 0 saturated carbocycles. The fourth-order valence-corrected chi connectivity index (χ4v) is 4.47. The van der Waals surface area contributed by atoms with E-state index in [-0.39, 0.29) is 35.2 Å². The van der Waals surface area contributed by atoms with Gasteiger partial charge in [0.15, 0.2) is 5.84 Å². The lowest BCUT2D eigenvalue weighted by molar-refractivity contribution is 0.0869. The number of H-pyrrole nitrogens is 1. The third-order valence-electron chi connectivity index (χ3n) is 5.41. The minimum Gasteiger partial charge on any atom is -0.509 e. The van der Waals surface area contributed by atoms with Crippen molar-refractivity contribution in [2.75, 3.05) is 13.7 Å². The van der Waals surface area contributed by atoms with Gasteiger partial charge in [0, 0.05) is 16.5 Å². The van der Waals surface area contributed by atoms with Gasteiger partial charge in [0.2, 0.25) is 0 Å². The summed E-state index contributed by atoms with van der Waals surface area (Å²) in [5.41, 5.74) is 5.74. The summed E-state index contributed by atoms with van der Waals surface area (Å²) in [7, 11) is 1.58. The number of methoxy groups -OCH3 is 1. The Morgan fingerprint density at radius 2 is 1.86 bits per heavy atom. The molecule has 0 spiro atoms. The first-order valence-corrected chi connectivity index (χ1v) is 11.3. The Bertz CT molecular complexity index is 1440. The smallest absolute Gasteiger partial charge is 0.287 e. The SMILES string of the molecule is COc1ccc(-c2cc(C(=O)NN3CC(O)=C(c4nc(-c5ccc(F)cc5)cs4)C3=N)[nH]n2)cc1. The van der Waals surface area contributed by atoms with E-state index in [4.69, 9.17) is 10.1 Å². The molecule has 0 radical (unpaired) electrons. The molecule has 0 bridgehead atoms. The number of aliphatic hydroxyl groups is 1. The summed E-state index contributed by atoms with van der Waals surface area (Å²) in [5, 5.41) is 29.3. The topological polar surface area (TPSA) is 127 Å². The van der Waals surface area contributed by atoms with Crippen molar-refractivity contribution in [2.45, 2.75) is 0 Å². The van der Waals surface area contributed by atoms with E-state index in [0.29, 0.717) is 22.1 Å². The molecule has 5 rings (SSSR count). The molecule has 2 aromatic carbocycles. The monoisotopic (exact) mass is 490 g/mol. The van der Waals surface area contributed by atoms with Crippen LogP contribution in [0, 0.1) is 11.2 Å². The summed E-state index contributed by atoms with van der Waals surface area (Å²) < 4.78 is 18.4. The number of nitrogens with one attached hydrogen (secondary N) is 3. The van der Waals surface area contributed by atoms with E-state index in [1.54, 1.807) is 42.8 Å². The summed E-state index contributed by atoms with van der Waals surface area (Å²) in [6.45, 7) is -0.0785. The fourth-order valence-electron chi connectivity index (χ4n) is 3.57. The molecule has 1 aliphatic heterocycles. The van der Waals surface area contributed by atoms with Gasteiger partial charge < -0.3 is 9.84 Å². The average Bonchev–Trinajstić information content (AvgIpc) is 3.60. The molecule has 2 aromatic heterocycles. The molecule has 4 N–H and O–H groups in total. The van der Waals surface area contributed by atoms with Gasteiger partial charge in [-0.2, -0.15) is 5.10 Å². The summed E-state index contributed by atoms with van der Waals surface area (Å²) >= 11 is 1.25. The third-order valence-corrected chi connectivity index (χ3v) is 6.27. The molecule has 9 nitrogen and oxygen atoms in total. The van der Waals surface area contributed by atoms with Crippen LogP contribution in [0.3, 0.4) is 0 Å². The number of halogens is 1. The summed E-state index contributed by atoms with van der Waals surface area (Å²) in [6, 6.07) is 14.8. The van der Waals surface area contributed by atoms with E-state index in [2.05, 4.69) is 20.6 Å². The van der Waals surface area contributed by atoms with E-state index in [9.17, 15) is 14.3 Å². The minimum atomic E-state index is -0.512. The number of hydrogen-bond acceptors (Lipinski definition) is 7. The maximum Gasteiger partial charge on any atom is 0.287 e. The highest BCUT2D eigenvalue weighted by molar-refractivity contribution is 7.11. The van der Waals surface area contributed by atoms with Gasteiger partial charge in [-0.05, 0) is 54.6 Å². The number of amidine groups is 1. The Kier molecular flexibility index (Phi) is 5.75. The average molecular weight is 491 g/mol. The molecule has 0 fully saturated rings. The lowest BCUT2D eigenvalue weighted by atomic mass is 10.1. The van der Waals surface area contributed by atoms with Gasteiger partial charge in [-0.15, -0.1) is 11.3 Å². The van der Waals surface area contributed by atoms with Crippen molar-refractivity contribution in [1.29, 1.82) is 5.41 Å². The lowest BCUT2D eigenvalue weighted by Crippen LogP contribution is -2.44. The second-order valence-electron chi connectivity index (χ2n) is 7.64. The summed E-state index contributed by atoms with van der Waals surface area (Å²) in [6.07, 6.45) is 0. The molecule has 176 valence electrons. The Morgan fingerprint density at radius 1 is 1.17 bits per heavy atom. The number of aromatic nitrogens is 3. The molecule has 11 heteroatoms. The highest BCUT2D eigenvalue weighted by atomic mass is 32.1. The van der Waals surface area contributed by atoms with Gasteiger partial charge in [-0.1, -0.05) is 0 Å². The lowest BCUT2D eigenvalue weighted by Gasteiger charge is -2.18. The zero-order valence-corrected chi connectivity index (χ0v) is 19.2. The number of benzene rings is 2. The Hall–Kier alpha value is -4.51. The number of rotatable bonds is 6. The minimum absolute atomic E-state index is 0.0785. The van der Waals surface area contributed by atoms with E-state index in [1.807, 2.05) is 12.1 Å². The number of hydrazine groups is 1. The first-order chi connectivity index (χ1) is 16.9. The van der Waals surface area contributed by atoms with Crippen LogP contribution in [-0.4, -0.2) is 50.7 Å². The van der Waals surface area contributed by atoms with Gasteiger partial charge in [-0.25, -0.2) is 9.37 Å². The van der Waals surface area contributed by atoms with Crippen LogP contribution < -0.4 is 10.2 Å². The van der Waals surface area contributed by atoms with Gasteiger partial charge in [-0.3, -0.25) is 25.7 Å². The second-order valence-corrected chi connectivity index (χ2v) is 8.50. The Labute approximate surface area is 203 Å². The van der Waals surface area contributed by atoms with E-state index >= 15 is 0 Å². The number of ether oxygens (including phenoxy) is 1. The molecule has 1 aliphatic rings. The number of nitrogens with zero attached hydrogens (tertiary/aromatic N) is 3. The van der Waals surface area contributed by atoms with Crippen molar-refractivity contribution in [1.82, 2.24) is 25.6 Å². The van der Waals surface area contributed by atoms with Crippen LogP contribution in [-0.2, 0) is 0 Å². The fraction of sp³-hybridized carbons (Fsp3) is 0.0833. The number of aromatic amines is 1. The molecular weight excluding hydrogens is 471 g/mol. The predicted octanol–water partition coefficient (Wildman–Crippen LogP) is 4.25. The van der Waals surface area contributed by atoms with Gasteiger partial charge >= 0.3 is 0 Å². The number of thiazole rings is 1. The molecule has 0 atom stereocenters. The summed E-state index contributed by atoms with van der Waals surface area (Å²) in [5.74, 6) is -0.323. The van der Waals surface area contributed by atoms with E-state index in [0.717, 1.165) is 11.1 Å². The summed E-state index contributed by atoms with van der Waals surface area (Å²) in [4.78, 5) is 17.3. The van der Waals surface area contributed by atoms with Crippen LogP contribution in [0.4, 0.5) is 4.39 Å². The van der Waals surface area contributed by atoms with Crippen molar-refractivity contribution in [2.24, 2.45) is 0 Å². The van der Waals surface area contributed by atoms with Crippen LogP contribution in [0.15, 0.2) is 65.7 Å². The van der Waals surface area contributed by atoms with Gasteiger partial charge in [0.25, 0.3) is 5.91 Å². The molecular formula is C24H19FN6O3S. The molecule has 0 saturated heterocycles. The molecule has 0 unspecified atom stereocenters. The highest BCUT2D eigenvalue weighted by Crippen LogP contribution is 2.32. The van der Waals surface area contributed by atoms with Crippen molar-refractivity contribution < 1.29 is 19.0 Å². The van der Waals surface area contributed by atoms with Crippen LogP contribution in [0.5, 0.6) is 5.75 Å². The molecule has 4 aromatic rings. The Balaban J connectivity index is 1.28. The first kappa shape index (κ1) is 22.3. The molecule has 0 aliphatic carbocycles. The van der Waals surface area contributed by atoms with Gasteiger partial charge in [0.05, 0.1) is 30.6 Å². The third kappa shape index (κ3) is 4.36. The van der Waals surface area contributed by atoms with Crippen LogP contribution in [0.25, 0.3) is 28.1 Å². The van der Waals surface area contributed by atoms with Crippen molar-refractivity contribution in [3.63, 3.8) is 0 Å². The van der Waals surface area contributed by atoms with Crippen LogP contribution in [0.1, 0.15) is 15.5 Å². The number of carbonyl (C=O) groups is 1. The predicted molar refractivity (Wildman–Crippen MR) is 130 cm³/mol. The molecule has 1 amide bonds. The van der Waals surface area contributed by atoms with Crippen molar-refractivity contribution in [3.05, 3.63) is 82.3 Å². The molecule has 3 heterocycles. The number of hydrogen-bond donors (Lipinski definition) is 4. The van der Waals surface area contributed by atoms with Crippen LogP contribution in [0.2, 0.25) is 0 Å². The van der Waals surface area contributed by atoms with Crippen molar-refractivity contribution in [3.8, 4) is 28.3 Å². The highest BCUT2D eigenvalue weighted by Gasteiger charge is 2.32. The zero-order valence-electron chi connectivity index (χ0n) is 18.4. The quantitative estimate of drug-likeness (QED) is 0.320. The van der Waals surface area contributed by atoms with Crippen molar-refractivity contribution >= 4 is 28.7 Å². The normalized spacial score (nSPS) is 13.4. The zero-order chi connectivity index (χ0) is 24.5. The first-order valence-electron chi connectivity index (χ1n) is 10.4. The van der Waals surface area contributed by atoms with Gasteiger partial charge in [0.1, 0.15) is 28.0 Å². The maximum absolute atomic E-state index is 13.2. The van der Waals surface area contributed by atoms with E-state index < -0.39 is 5.91 Å².